The van der Waals surface area contributed by atoms with E-state index in [1.54, 1.807) is 0 Å². The Morgan fingerprint density at radius 3 is 2.09 bits per heavy atom. The maximum Gasteiger partial charge on any atom is 0.203 e. The number of ether oxygens (including phenoxy) is 4. The third kappa shape index (κ3) is 4.27. The van der Waals surface area contributed by atoms with E-state index in [0.717, 1.165) is 13.1 Å². The molecular weight excluding hydrogens is 322 g/mol. The van der Waals surface area contributed by atoms with Crippen LogP contribution in [0, 0.1) is 0 Å². The Morgan fingerprint density at radius 1 is 1.04 bits per heavy atom. The van der Waals surface area contributed by atoms with Gasteiger partial charge in [0, 0.05) is 31.8 Å². The van der Waals surface area contributed by atoms with Crippen molar-refractivity contribution in [1.29, 1.82) is 0 Å². The van der Waals surface area contributed by atoms with Gasteiger partial charge in [0.1, 0.15) is 0 Å². The third-order valence-corrected chi connectivity index (χ3v) is 5.45. The van der Waals surface area contributed by atoms with Gasteiger partial charge in [-0.2, -0.15) is 0 Å². The van der Waals surface area contributed by atoms with Crippen LogP contribution in [0.25, 0.3) is 0 Å². The highest BCUT2D eigenvalue weighted by Gasteiger charge is 2.22. The van der Waals surface area contributed by atoms with E-state index in [9.17, 15) is 8.42 Å². The minimum atomic E-state index is -3.45. The van der Waals surface area contributed by atoms with Crippen LogP contribution < -0.4 is 14.2 Å². The average molecular weight is 345 g/mol. The van der Waals surface area contributed by atoms with E-state index in [1.807, 2.05) is 0 Å². The van der Waals surface area contributed by atoms with Gasteiger partial charge in [-0.25, -0.2) is 8.42 Å². The molecule has 0 atom stereocenters. The summed E-state index contributed by atoms with van der Waals surface area (Å²) >= 11 is 0. The van der Waals surface area contributed by atoms with Crippen molar-refractivity contribution in [3.63, 3.8) is 0 Å². The number of sulfone groups is 1. The van der Waals surface area contributed by atoms with Crippen LogP contribution in [0.5, 0.6) is 17.2 Å². The first kappa shape index (κ1) is 17.8. The molecule has 1 aromatic rings. The normalized spacial score (nSPS) is 16.1. The van der Waals surface area contributed by atoms with Crippen LogP contribution in [-0.2, 0) is 14.6 Å². The number of benzene rings is 1. The first-order valence-corrected chi connectivity index (χ1v) is 9.00. The molecule has 0 radical (unpaired) electrons. The highest BCUT2D eigenvalue weighted by molar-refractivity contribution is 7.91. The molecule has 1 aliphatic heterocycles. The molecule has 8 heteroatoms. The number of nitrogens with zero attached hydrogens (tertiary/aromatic N) is 1. The number of morpholine rings is 1. The molecule has 23 heavy (non-hydrogen) atoms. The minimum absolute atomic E-state index is 0.0334. The van der Waals surface area contributed by atoms with Gasteiger partial charge < -0.3 is 18.9 Å². The minimum Gasteiger partial charge on any atom is -0.493 e. The third-order valence-electron chi connectivity index (χ3n) is 3.78. The lowest BCUT2D eigenvalue weighted by molar-refractivity contribution is 0.0408. The standard InChI is InChI=1S/C15H23NO6S/c1-19-13-10-12(11-14(20-2)15(13)21-3)23(17,18)9-6-16-4-7-22-8-5-16/h10-11H,4-9H2,1-3H3. The number of methoxy groups -OCH3 is 3. The Morgan fingerprint density at radius 2 is 1.61 bits per heavy atom. The molecule has 7 nitrogen and oxygen atoms in total. The zero-order chi connectivity index (χ0) is 16.9. The Labute approximate surface area is 137 Å². The second kappa shape index (κ2) is 7.85. The van der Waals surface area contributed by atoms with Gasteiger partial charge in [0.15, 0.2) is 21.3 Å². The largest absolute Gasteiger partial charge is 0.493 e. The topological polar surface area (TPSA) is 74.3 Å². The van der Waals surface area contributed by atoms with E-state index < -0.39 is 9.84 Å². The fourth-order valence-electron chi connectivity index (χ4n) is 2.43. The number of hydrogen-bond acceptors (Lipinski definition) is 7. The van der Waals surface area contributed by atoms with Gasteiger partial charge in [-0.1, -0.05) is 0 Å². The molecule has 0 aromatic heterocycles. The Bertz CT molecular complexity index is 600. The second-order valence-electron chi connectivity index (χ2n) is 5.13. The van der Waals surface area contributed by atoms with Crippen molar-refractivity contribution in [2.24, 2.45) is 0 Å². The van der Waals surface area contributed by atoms with Crippen LogP contribution in [0.15, 0.2) is 17.0 Å². The molecule has 1 heterocycles. The molecular formula is C15H23NO6S. The summed E-state index contributed by atoms with van der Waals surface area (Å²) in [6.45, 7) is 3.27. The van der Waals surface area contributed by atoms with E-state index in [0.29, 0.717) is 37.0 Å². The Kier molecular flexibility index (Phi) is 6.09. The molecule has 130 valence electrons. The second-order valence-corrected chi connectivity index (χ2v) is 7.24. The van der Waals surface area contributed by atoms with E-state index in [2.05, 4.69) is 4.90 Å². The summed E-state index contributed by atoms with van der Waals surface area (Å²) in [5.41, 5.74) is 0. The molecule has 1 fully saturated rings. The Hall–Kier alpha value is -1.51. The molecule has 2 rings (SSSR count). The lowest BCUT2D eigenvalue weighted by Gasteiger charge is -2.26. The predicted molar refractivity (Wildman–Crippen MR) is 85.4 cm³/mol. The van der Waals surface area contributed by atoms with Crippen LogP contribution in [0.4, 0.5) is 0 Å². The van der Waals surface area contributed by atoms with Crippen LogP contribution in [0.3, 0.4) is 0 Å². The van der Waals surface area contributed by atoms with Crippen molar-refractivity contribution >= 4 is 9.84 Å². The molecule has 0 aliphatic carbocycles. The lowest BCUT2D eigenvalue weighted by atomic mass is 10.3. The Balaban J connectivity index is 2.21. The van der Waals surface area contributed by atoms with E-state index >= 15 is 0 Å². The monoisotopic (exact) mass is 345 g/mol. The highest BCUT2D eigenvalue weighted by atomic mass is 32.2. The fourth-order valence-corrected chi connectivity index (χ4v) is 3.74. The summed E-state index contributed by atoms with van der Waals surface area (Å²) in [5.74, 6) is 1.07. The van der Waals surface area contributed by atoms with Gasteiger partial charge >= 0.3 is 0 Å². The smallest absolute Gasteiger partial charge is 0.203 e. The summed E-state index contributed by atoms with van der Waals surface area (Å²) in [6.07, 6.45) is 0. The van der Waals surface area contributed by atoms with Gasteiger partial charge in [-0.05, 0) is 0 Å². The van der Waals surface area contributed by atoms with Crippen LogP contribution in [0.2, 0.25) is 0 Å². The maximum absolute atomic E-state index is 12.6. The molecule has 0 N–H and O–H groups in total. The number of hydrogen-bond donors (Lipinski definition) is 0. The lowest BCUT2D eigenvalue weighted by Crippen LogP contribution is -2.39. The van der Waals surface area contributed by atoms with Crippen LogP contribution in [-0.4, -0.2) is 73.2 Å². The summed E-state index contributed by atoms with van der Waals surface area (Å²) in [6, 6.07) is 2.94. The quantitative estimate of drug-likeness (QED) is 0.724. The maximum atomic E-state index is 12.6. The zero-order valence-corrected chi connectivity index (χ0v) is 14.5. The molecule has 0 amide bonds. The molecule has 0 saturated carbocycles. The van der Waals surface area contributed by atoms with E-state index in [4.69, 9.17) is 18.9 Å². The molecule has 1 saturated heterocycles. The molecule has 1 aromatic carbocycles. The SMILES string of the molecule is COc1cc(S(=O)(=O)CCN2CCOCC2)cc(OC)c1OC. The van der Waals surface area contributed by atoms with E-state index in [-0.39, 0.29) is 10.6 Å². The molecule has 1 aliphatic rings. The van der Waals surface area contributed by atoms with Crippen molar-refractivity contribution in [1.82, 2.24) is 4.90 Å². The van der Waals surface area contributed by atoms with Crippen LogP contribution >= 0.6 is 0 Å². The summed E-state index contributed by atoms with van der Waals surface area (Å²) < 4.78 is 46.1. The summed E-state index contributed by atoms with van der Waals surface area (Å²) in [4.78, 5) is 2.25. The number of rotatable bonds is 7. The molecule has 0 spiro atoms. The van der Waals surface area contributed by atoms with Crippen molar-refractivity contribution in [2.75, 3.05) is 59.9 Å². The first-order chi connectivity index (χ1) is 11.0. The first-order valence-electron chi connectivity index (χ1n) is 7.34. The predicted octanol–water partition coefficient (Wildman–Crippen LogP) is 0.818. The van der Waals surface area contributed by atoms with Gasteiger partial charge in [-0.3, -0.25) is 4.90 Å². The molecule has 0 bridgehead atoms. The van der Waals surface area contributed by atoms with Crippen molar-refractivity contribution in [3.05, 3.63) is 12.1 Å². The highest BCUT2D eigenvalue weighted by Crippen LogP contribution is 2.39. The van der Waals surface area contributed by atoms with Crippen molar-refractivity contribution in [3.8, 4) is 17.2 Å². The van der Waals surface area contributed by atoms with Gasteiger partial charge in [0.05, 0.1) is 45.2 Å². The zero-order valence-electron chi connectivity index (χ0n) is 13.7. The van der Waals surface area contributed by atoms with Gasteiger partial charge in [0.2, 0.25) is 5.75 Å². The van der Waals surface area contributed by atoms with Gasteiger partial charge in [0.25, 0.3) is 0 Å². The van der Waals surface area contributed by atoms with Crippen molar-refractivity contribution in [2.45, 2.75) is 4.90 Å². The van der Waals surface area contributed by atoms with Crippen molar-refractivity contribution < 1.29 is 27.4 Å². The fraction of sp³-hybridized carbons (Fsp3) is 0.600. The summed E-state index contributed by atoms with van der Waals surface area (Å²) in [5, 5.41) is 0. The average Bonchev–Trinajstić information content (AvgIpc) is 2.59. The van der Waals surface area contributed by atoms with Crippen LogP contribution in [0.1, 0.15) is 0 Å². The van der Waals surface area contributed by atoms with Gasteiger partial charge in [-0.15, -0.1) is 0 Å². The summed E-state index contributed by atoms with van der Waals surface area (Å²) in [7, 11) is 0.951. The van der Waals surface area contributed by atoms with E-state index in [1.165, 1.54) is 33.5 Å². The molecule has 0 unspecified atom stereocenters.